The van der Waals surface area contributed by atoms with Crippen LogP contribution >= 0.6 is 34.8 Å². The summed E-state index contributed by atoms with van der Waals surface area (Å²) in [5.74, 6) is 0. The molecule has 0 fully saturated rings. The van der Waals surface area contributed by atoms with E-state index < -0.39 is 16.2 Å². The van der Waals surface area contributed by atoms with Crippen molar-refractivity contribution >= 4 is 44.9 Å². The van der Waals surface area contributed by atoms with Gasteiger partial charge in [-0.3, -0.25) is 0 Å². The van der Waals surface area contributed by atoms with Gasteiger partial charge in [-0.25, -0.2) is 8.42 Å². The van der Waals surface area contributed by atoms with Crippen molar-refractivity contribution in [1.82, 2.24) is 0 Å². The molecular weight excluding hydrogens is 382 g/mol. The van der Waals surface area contributed by atoms with E-state index in [2.05, 4.69) is 0 Å². The van der Waals surface area contributed by atoms with Crippen molar-refractivity contribution in [3.63, 3.8) is 0 Å². The molecule has 9 heteroatoms. The molecule has 1 N–H and O–H groups in total. The second-order valence-electron chi connectivity index (χ2n) is 4.21. The van der Waals surface area contributed by atoms with E-state index in [0.717, 1.165) is 12.1 Å². The van der Waals surface area contributed by atoms with E-state index >= 15 is 0 Å². The van der Waals surface area contributed by atoms with Gasteiger partial charge in [-0.15, -0.1) is 0 Å². The molecule has 2 aromatic carbocycles. The van der Waals surface area contributed by atoms with E-state index in [1.165, 1.54) is 24.3 Å². The van der Waals surface area contributed by atoms with E-state index in [1.54, 1.807) is 0 Å². The molecule has 22 heavy (non-hydrogen) atoms. The first-order valence-corrected chi connectivity index (χ1v) is 8.12. The zero-order chi connectivity index (χ0) is 15.8. The molecule has 1 unspecified atom stereocenters. The van der Waals surface area contributed by atoms with Crippen LogP contribution in [0.2, 0.25) is 15.1 Å². The summed E-state index contributed by atoms with van der Waals surface area (Å²) in [5.41, 5.74) is 0.592. The molecule has 0 aliphatic carbocycles. The monoisotopic (exact) mass is 388 g/mol. The summed E-state index contributed by atoms with van der Waals surface area (Å²) in [6.07, 6.45) is -1.18. The van der Waals surface area contributed by atoms with Crippen LogP contribution in [0.5, 0.6) is 0 Å². The average Bonchev–Trinajstić information content (AvgIpc) is 2.36. The van der Waals surface area contributed by atoms with Gasteiger partial charge in [0.25, 0.3) is 0 Å². The largest absolute Gasteiger partial charge is 1.00 e. The van der Waals surface area contributed by atoms with Crippen molar-refractivity contribution in [3.8, 4) is 0 Å². The number of aliphatic hydroxyl groups is 1. The first-order valence-electron chi connectivity index (χ1n) is 5.58. The fourth-order valence-electron chi connectivity index (χ4n) is 1.80. The number of benzene rings is 2. The normalized spacial score (nSPS) is 12.6. The van der Waals surface area contributed by atoms with Crippen LogP contribution in [0.3, 0.4) is 0 Å². The molecule has 0 radical (unpaired) electrons. The molecule has 0 heterocycles. The number of hydrogen-bond donors (Lipinski definition) is 1. The van der Waals surface area contributed by atoms with Crippen molar-refractivity contribution in [2.45, 2.75) is 11.0 Å². The molecule has 0 saturated heterocycles. The third-order valence-corrected chi connectivity index (χ3v) is 4.49. The maximum absolute atomic E-state index is 10.9. The Morgan fingerprint density at radius 3 is 1.86 bits per heavy atom. The summed E-state index contributed by atoms with van der Waals surface area (Å²) in [4.78, 5) is -0.383. The Hall–Kier alpha value is 0.180. The Bertz CT molecular complexity index is 755. The fourth-order valence-corrected chi connectivity index (χ4v) is 3.29. The minimum Gasteiger partial charge on any atom is -0.744 e. The third kappa shape index (κ3) is 4.60. The predicted octanol–water partition coefficient (Wildman–Crippen LogP) is 0.637. The Morgan fingerprint density at radius 1 is 1.00 bits per heavy atom. The zero-order valence-electron chi connectivity index (χ0n) is 11.3. The van der Waals surface area contributed by atoms with E-state index in [4.69, 9.17) is 34.8 Å². The van der Waals surface area contributed by atoms with Gasteiger partial charge in [0.15, 0.2) is 0 Å². The van der Waals surface area contributed by atoms with Gasteiger partial charge in [-0.05, 0) is 29.8 Å². The van der Waals surface area contributed by atoms with Gasteiger partial charge in [-0.2, -0.15) is 0 Å². The molecule has 0 aromatic heterocycles. The molecule has 4 nitrogen and oxygen atoms in total. The van der Waals surface area contributed by atoms with Gasteiger partial charge in [0, 0.05) is 20.6 Å². The van der Waals surface area contributed by atoms with Crippen LogP contribution in [0.1, 0.15) is 17.2 Å². The number of halogens is 3. The molecule has 1 atom stereocenters. The molecular formula is C13H8Cl3NaO4S. The van der Waals surface area contributed by atoms with Crippen LogP contribution in [0, 0.1) is 0 Å². The minimum absolute atomic E-state index is 0. The van der Waals surface area contributed by atoms with Crippen molar-refractivity contribution < 1.29 is 47.6 Å². The maximum atomic E-state index is 10.9. The second-order valence-corrected chi connectivity index (χ2v) is 6.84. The number of hydrogen-bond acceptors (Lipinski definition) is 4. The average molecular weight is 390 g/mol. The van der Waals surface area contributed by atoms with E-state index in [9.17, 15) is 18.1 Å². The maximum Gasteiger partial charge on any atom is 1.00 e. The zero-order valence-corrected chi connectivity index (χ0v) is 16.3. The van der Waals surface area contributed by atoms with E-state index in [0.29, 0.717) is 10.6 Å². The summed E-state index contributed by atoms with van der Waals surface area (Å²) in [5, 5.41) is 11.0. The Labute approximate surface area is 165 Å². The van der Waals surface area contributed by atoms with Crippen molar-refractivity contribution in [3.05, 3.63) is 62.6 Å². The first kappa shape index (κ1) is 20.2. The van der Waals surface area contributed by atoms with Gasteiger partial charge >= 0.3 is 29.6 Å². The van der Waals surface area contributed by atoms with Crippen molar-refractivity contribution in [2.75, 3.05) is 0 Å². The van der Waals surface area contributed by atoms with E-state index in [-0.39, 0.29) is 50.1 Å². The second kappa shape index (κ2) is 7.83. The van der Waals surface area contributed by atoms with Crippen LogP contribution in [-0.4, -0.2) is 18.1 Å². The SMILES string of the molecule is O=S(=O)([O-])c1ccc(C(O)c2c(Cl)cc(Cl)cc2Cl)cc1.[Na+]. The molecule has 0 amide bonds. The molecule has 112 valence electrons. The standard InChI is InChI=1S/C13H9Cl3O4S.Na/c14-8-5-10(15)12(11(16)6-8)13(17)7-1-3-9(4-2-7)21(18,19)20;/h1-6,13,17H,(H,18,19,20);/q;+1/p-1. The molecule has 2 aromatic rings. The summed E-state index contributed by atoms with van der Waals surface area (Å²) >= 11 is 17.8. The van der Waals surface area contributed by atoms with Crippen LogP contribution in [0.4, 0.5) is 0 Å². The number of aliphatic hydroxyl groups excluding tert-OH is 1. The summed E-state index contributed by atoms with van der Waals surface area (Å²) in [7, 11) is -4.53. The minimum atomic E-state index is -4.53. The van der Waals surface area contributed by atoms with Crippen molar-refractivity contribution in [1.29, 1.82) is 0 Å². The van der Waals surface area contributed by atoms with Gasteiger partial charge in [0.2, 0.25) is 0 Å². The fraction of sp³-hybridized carbons (Fsp3) is 0.0769. The van der Waals surface area contributed by atoms with Gasteiger partial charge < -0.3 is 9.66 Å². The summed E-state index contributed by atoms with van der Waals surface area (Å²) < 4.78 is 32.6. The Balaban J connectivity index is 0.00000242. The van der Waals surface area contributed by atoms with Crippen LogP contribution in [0.15, 0.2) is 41.3 Å². The van der Waals surface area contributed by atoms with Gasteiger partial charge in [-0.1, -0.05) is 46.9 Å². The molecule has 0 saturated carbocycles. The molecule has 0 bridgehead atoms. The molecule has 0 aliphatic rings. The summed E-state index contributed by atoms with van der Waals surface area (Å²) in [6, 6.07) is 7.72. The van der Waals surface area contributed by atoms with Gasteiger partial charge in [0.1, 0.15) is 16.2 Å². The third-order valence-electron chi connectivity index (χ3n) is 2.80. The van der Waals surface area contributed by atoms with Gasteiger partial charge in [0.05, 0.1) is 4.90 Å². The quantitative estimate of drug-likeness (QED) is 0.617. The van der Waals surface area contributed by atoms with E-state index in [1.807, 2.05) is 0 Å². The van der Waals surface area contributed by atoms with Crippen molar-refractivity contribution in [2.24, 2.45) is 0 Å². The number of rotatable bonds is 3. The Morgan fingerprint density at radius 2 is 1.45 bits per heavy atom. The van der Waals surface area contributed by atoms with Crippen LogP contribution in [-0.2, 0) is 10.1 Å². The molecule has 0 aliphatic heterocycles. The summed E-state index contributed by atoms with van der Waals surface area (Å²) in [6.45, 7) is 0. The van der Waals surface area contributed by atoms with Crippen LogP contribution < -0.4 is 29.6 Å². The van der Waals surface area contributed by atoms with Crippen LogP contribution in [0.25, 0.3) is 0 Å². The topological polar surface area (TPSA) is 77.4 Å². The first-order chi connectivity index (χ1) is 9.70. The smallest absolute Gasteiger partial charge is 0.744 e. The Kier molecular flexibility index (Phi) is 7.20. The molecule has 0 spiro atoms. The predicted molar refractivity (Wildman–Crippen MR) is 79.9 cm³/mol. The molecule has 2 rings (SSSR count).